The normalized spacial score (nSPS) is 11.8. The summed E-state index contributed by atoms with van der Waals surface area (Å²) in [6, 6.07) is 71.3. The highest BCUT2D eigenvalue weighted by Crippen LogP contribution is 2.52. The van der Waals surface area contributed by atoms with Gasteiger partial charge in [0, 0.05) is 44.3 Å². The van der Waals surface area contributed by atoms with Crippen LogP contribution in [0.5, 0.6) is 0 Å². The third-order valence-corrected chi connectivity index (χ3v) is 11.7. The Morgan fingerprint density at radius 1 is 0.268 bits per heavy atom. The maximum atomic E-state index is 2.47. The van der Waals surface area contributed by atoms with Gasteiger partial charge in [-0.15, -0.1) is 0 Å². The van der Waals surface area contributed by atoms with E-state index in [0.29, 0.717) is 0 Å². The fourth-order valence-electron chi connectivity index (χ4n) is 9.24. The van der Waals surface area contributed by atoms with Crippen LogP contribution >= 0.6 is 0 Å². The number of benzene rings is 11. The summed E-state index contributed by atoms with van der Waals surface area (Å²) in [5, 5.41) is 15.2. The van der Waals surface area contributed by atoms with Gasteiger partial charge in [0.2, 0.25) is 0 Å². The molecule has 0 aliphatic rings. The summed E-state index contributed by atoms with van der Waals surface area (Å²) in [6.07, 6.45) is 0. The van der Waals surface area contributed by atoms with E-state index in [1.54, 1.807) is 0 Å². The molecule has 0 atom stereocenters. The quantitative estimate of drug-likeness (QED) is 0.125. The Morgan fingerprint density at radius 2 is 0.714 bits per heavy atom. The lowest BCUT2D eigenvalue weighted by Gasteiger charge is -2.31. The zero-order valence-electron chi connectivity index (χ0n) is 31.4. The first-order chi connectivity index (χ1) is 27.6. The van der Waals surface area contributed by atoms with Gasteiger partial charge < -0.3 is 9.80 Å². The minimum Gasteiger partial charge on any atom is -0.310 e. The third-order valence-electron chi connectivity index (χ3n) is 11.7. The molecule has 0 saturated carbocycles. The van der Waals surface area contributed by atoms with Gasteiger partial charge in [0.15, 0.2) is 0 Å². The van der Waals surface area contributed by atoms with Crippen LogP contribution < -0.4 is 9.80 Å². The van der Waals surface area contributed by atoms with Crippen molar-refractivity contribution in [3.8, 4) is 0 Å². The van der Waals surface area contributed by atoms with Crippen molar-refractivity contribution in [2.24, 2.45) is 0 Å². The zero-order chi connectivity index (χ0) is 37.3. The molecule has 0 fully saturated rings. The molecule has 56 heavy (non-hydrogen) atoms. The number of nitrogens with zero attached hydrogens (tertiary/aromatic N) is 2. The molecule has 264 valence electrons. The van der Waals surface area contributed by atoms with E-state index in [-0.39, 0.29) is 0 Å². The second kappa shape index (κ2) is 12.7. The number of fused-ring (bicyclic) bond motifs is 5. The molecule has 0 N–H and O–H groups in total. The van der Waals surface area contributed by atoms with E-state index in [9.17, 15) is 0 Å². The summed E-state index contributed by atoms with van der Waals surface area (Å²) in [4.78, 5) is 4.92. The summed E-state index contributed by atoms with van der Waals surface area (Å²) in [7, 11) is 0. The lowest BCUT2D eigenvalue weighted by molar-refractivity contribution is 1.29. The van der Waals surface area contributed by atoms with Gasteiger partial charge in [-0.3, -0.25) is 0 Å². The van der Waals surface area contributed by atoms with Crippen LogP contribution in [-0.4, -0.2) is 0 Å². The molecule has 2 nitrogen and oxygen atoms in total. The van der Waals surface area contributed by atoms with Crippen LogP contribution in [0.1, 0.15) is 11.1 Å². The van der Waals surface area contributed by atoms with Gasteiger partial charge in [0.1, 0.15) is 0 Å². The van der Waals surface area contributed by atoms with Crippen molar-refractivity contribution in [3.63, 3.8) is 0 Å². The van der Waals surface area contributed by atoms with Crippen molar-refractivity contribution >= 4 is 98.8 Å². The van der Waals surface area contributed by atoms with Gasteiger partial charge in [-0.25, -0.2) is 0 Å². The van der Waals surface area contributed by atoms with Gasteiger partial charge in [0.05, 0.1) is 11.4 Å². The molecule has 0 radical (unpaired) electrons. The van der Waals surface area contributed by atoms with Gasteiger partial charge in [-0.2, -0.15) is 0 Å². The number of rotatable bonds is 6. The molecular formula is C54H38N2. The van der Waals surface area contributed by atoms with E-state index in [2.05, 4.69) is 218 Å². The molecule has 0 saturated heterocycles. The Kier molecular flexibility index (Phi) is 7.33. The van der Waals surface area contributed by atoms with Crippen molar-refractivity contribution in [1.82, 2.24) is 0 Å². The molecule has 2 heteroatoms. The van der Waals surface area contributed by atoms with E-state index in [1.165, 1.54) is 87.1 Å². The summed E-state index contributed by atoms with van der Waals surface area (Å²) in [5.41, 5.74) is 9.40. The van der Waals surface area contributed by atoms with Gasteiger partial charge in [0.25, 0.3) is 0 Å². The van der Waals surface area contributed by atoms with Crippen LogP contribution in [0.4, 0.5) is 34.1 Å². The average Bonchev–Trinajstić information content (AvgIpc) is 3.25. The first kappa shape index (κ1) is 32.3. The summed E-state index contributed by atoms with van der Waals surface area (Å²) < 4.78 is 0. The minimum absolute atomic E-state index is 1.13. The van der Waals surface area contributed by atoms with Crippen molar-refractivity contribution in [2.75, 3.05) is 9.80 Å². The first-order valence-corrected chi connectivity index (χ1v) is 19.4. The van der Waals surface area contributed by atoms with Crippen LogP contribution in [0.15, 0.2) is 194 Å². The SMILES string of the molecule is Cc1cc(N(c2ccccc2)c2ccc3ccccc3c2)c2c3ccccc3c3c(C)cc(N(c4ccccc4)c4ccc5ccccc5c4)c4ccc1c2c43. The Bertz CT molecular complexity index is 3280. The van der Waals surface area contributed by atoms with E-state index >= 15 is 0 Å². The Balaban J connectivity index is 1.28. The number of aryl methyl sites for hydroxylation is 2. The maximum Gasteiger partial charge on any atom is 0.0549 e. The van der Waals surface area contributed by atoms with Crippen LogP contribution in [0, 0.1) is 13.8 Å². The molecule has 0 aromatic heterocycles. The fourth-order valence-corrected chi connectivity index (χ4v) is 9.24. The highest BCUT2D eigenvalue weighted by molar-refractivity contribution is 6.38. The van der Waals surface area contributed by atoms with Gasteiger partial charge in [-0.05, 0) is 129 Å². The molecule has 0 aliphatic carbocycles. The molecule has 0 heterocycles. The second-order valence-electron chi connectivity index (χ2n) is 15.0. The van der Waals surface area contributed by atoms with Crippen molar-refractivity contribution < 1.29 is 0 Å². The summed E-state index contributed by atoms with van der Waals surface area (Å²) in [5.74, 6) is 0. The maximum absolute atomic E-state index is 2.47. The van der Waals surface area contributed by atoms with E-state index in [0.717, 1.165) is 22.7 Å². The lowest BCUT2D eigenvalue weighted by Crippen LogP contribution is -2.12. The molecule has 11 rings (SSSR count). The summed E-state index contributed by atoms with van der Waals surface area (Å²) >= 11 is 0. The monoisotopic (exact) mass is 714 g/mol. The molecule has 11 aromatic carbocycles. The molecular weight excluding hydrogens is 677 g/mol. The smallest absolute Gasteiger partial charge is 0.0549 e. The number of para-hydroxylation sites is 2. The Morgan fingerprint density at radius 3 is 1.30 bits per heavy atom. The predicted octanol–water partition coefficient (Wildman–Crippen LogP) is 15.6. The topological polar surface area (TPSA) is 6.48 Å². The van der Waals surface area contributed by atoms with Crippen LogP contribution in [0.25, 0.3) is 64.6 Å². The largest absolute Gasteiger partial charge is 0.310 e. The highest BCUT2D eigenvalue weighted by Gasteiger charge is 2.26. The summed E-state index contributed by atoms with van der Waals surface area (Å²) in [6.45, 7) is 4.57. The van der Waals surface area contributed by atoms with Crippen LogP contribution in [0.3, 0.4) is 0 Å². The Labute approximate surface area is 326 Å². The fraction of sp³-hybridized carbons (Fsp3) is 0.0370. The van der Waals surface area contributed by atoms with E-state index in [4.69, 9.17) is 0 Å². The van der Waals surface area contributed by atoms with E-state index < -0.39 is 0 Å². The third kappa shape index (κ3) is 4.96. The van der Waals surface area contributed by atoms with Crippen LogP contribution in [0.2, 0.25) is 0 Å². The zero-order valence-corrected chi connectivity index (χ0v) is 31.4. The number of hydrogen-bond acceptors (Lipinski definition) is 2. The standard InChI is InChI=1S/C54H38N2/c1-35-31-50(56(42-21-7-4-8-22-42)44-28-26-38-16-10-12-18-40(38)34-44)52-47-24-14-13-23-46(47)51-36(2)32-49(48-30-29-45(35)53(52)54(48)51)55(41-19-5-3-6-20-41)43-27-25-37-15-9-11-17-39(37)33-43/h3-34H,1-2H3. The van der Waals surface area contributed by atoms with Gasteiger partial charge in [-0.1, -0.05) is 133 Å². The molecule has 11 aromatic rings. The Hall–Kier alpha value is -7.16. The predicted molar refractivity (Wildman–Crippen MR) is 242 cm³/mol. The van der Waals surface area contributed by atoms with Crippen molar-refractivity contribution in [3.05, 3.63) is 205 Å². The second-order valence-corrected chi connectivity index (χ2v) is 15.0. The first-order valence-electron chi connectivity index (χ1n) is 19.4. The highest BCUT2D eigenvalue weighted by atomic mass is 15.1. The van der Waals surface area contributed by atoms with Gasteiger partial charge >= 0.3 is 0 Å². The van der Waals surface area contributed by atoms with E-state index in [1.807, 2.05) is 0 Å². The molecule has 0 aliphatic heterocycles. The molecule has 0 amide bonds. The number of hydrogen-bond donors (Lipinski definition) is 0. The van der Waals surface area contributed by atoms with Crippen LogP contribution in [-0.2, 0) is 0 Å². The minimum atomic E-state index is 1.13. The van der Waals surface area contributed by atoms with Crippen molar-refractivity contribution in [2.45, 2.75) is 13.8 Å². The number of anilines is 6. The molecule has 0 spiro atoms. The van der Waals surface area contributed by atoms with Crippen molar-refractivity contribution in [1.29, 1.82) is 0 Å². The molecule has 0 bridgehead atoms. The molecule has 0 unspecified atom stereocenters. The lowest BCUT2D eigenvalue weighted by atomic mass is 9.84. The average molecular weight is 715 g/mol.